The molecule has 2 aromatic heterocycles. The molecule has 0 spiro atoms. The second kappa shape index (κ2) is 8.29. The number of piperidine rings is 1. The van der Waals surface area contributed by atoms with Gasteiger partial charge in [-0.2, -0.15) is 5.10 Å². The first-order valence-electron chi connectivity index (χ1n) is 9.34. The first-order valence-corrected chi connectivity index (χ1v) is 9.34. The summed E-state index contributed by atoms with van der Waals surface area (Å²) in [5.74, 6) is 1.30. The molecule has 1 amide bonds. The van der Waals surface area contributed by atoms with Crippen LogP contribution >= 0.6 is 0 Å². The molecule has 3 heterocycles. The van der Waals surface area contributed by atoms with Crippen LogP contribution in [0.3, 0.4) is 0 Å². The van der Waals surface area contributed by atoms with E-state index in [0.717, 1.165) is 43.3 Å². The number of nitrogens with one attached hydrogen (secondary N) is 1. The standard InChI is InChI=1S/C19H28N6O/c1-14-15(2)23-25(16(14)3)11-7-18(26)22-12-17-6-4-10-24(13-17)19-20-8-5-9-21-19/h5,8-9,17H,4,6-7,10-13H2,1-3H3,(H,22,26)/t17-/m0/s1. The molecule has 0 saturated carbocycles. The predicted molar refractivity (Wildman–Crippen MR) is 101 cm³/mol. The van der Waals surface area contributed by atoms with Crippen molar-refractivity contribution in [1.29, 1.82) is 0 Å². The topological polar surface area (TPSA) is 75.9 Å². The number of anilines is 1. The Balaban J connectivity index is 1.44. The van der Waals surface area contributed by atoms with E-state index in [2.05, 4.69) is 39.1 Å². The second-order valence-corrected chi connectivity index (χ2v) is 7.08. The number of nitrogens with zero attached hydrogens (tertiary/aromatic N) is 5. The molecule has 26 heavy (non-hydrogen) atoms. The third-order valence-corrected chi connectivity index (χ3v) is 5.24. The molecule has 2 aromatic rings. The van der Waals surface area contributed by atoms with Crippen molar-refractivity contribution in [3.05, 3.63) is 35.4 Å². The molecule has 0 unspecified atom stereocenters. The number of aromatic nitrogens is 4. The summed E-state index contributed by atoms with van der Waals surface area (Å²) in [6.45, 7) is 9.32. The molecule has 140 valence electrons. The van der Waals surface area contributed by atoms with Crippen molar-refractivity contribution >= 4 is 11.9 Å². The van der Waals surface area contributed by atoms with E-state index < -0.39 is 0 Å². The molecule has 3 rings (SSSR count). The number of rotatable bonds is 6. The zero-order valence-corrected chi connectivity index (χ0v) is 15.9. The largest absolute Gasteiger partial charge is 0.356 e. The molecule has 0 bridgehead atoms. The van der Waals surface area contributed by atoms with Crippen LogP contribution in [0, 0.1) is 26.7 Å². The Bertz CT molecular complexity index is 742. The zero-order chi connectivity index (χ0) is 18.5. The molecular formula is C19H28N6O. The minimum absolute atomic E-state index is 0.0864. The fraction of sp³-hybridized carbons (Fsp3) is 0.579. The van der Waals surface area contributed by atoms with Crippen LogP contribution in [0.15, 0.2) is 18.5 Å². The Hall–Kier alpha value is -2.44. The van der Waals surface area contributed by atoms with Crippen LogP contribution in [0.4, 0.5) is 5.95 Å². The van der Waals surface area contributed by atoms with Gasteiger partial charge in [-0.15, -0.1) is 0 Å². The summed E-state index contributed by atoms with van der Waals surface area (Å²) in [5, 5.41) is 7.58. The Labute approximate surface area is 154 Å². The van der Waals surface area contributed by atoms with Gasteiger partial charge < -0.3 is 10.2 Å². The quantitative estimate of drug-likeness (QED) is 0.857. The Kier molecular flexibility index (Phi) is 5.85. The van der Waals surface area contributed by atoms with Gasteiger partial charge in [-0.3, -0.25) is 9.48 Å². The molecule has 0 radical (unpaired) electrons. The van der Waals surface area contributed by atoms with Crippen LogP contribution < -0.4 is 10.2 Å². The lowest BCUT2D eigenvalue weighted by molar-refractivity contribution is -0.121. The highest BCUT2D eigenvalue weighted by atomic mass is 16.1. The van der Waals surface area contributed by atoms with Crippen LogP contribution in [0.25, 0.3) is 0 Å². The maximum Gasteiger partial charge on any atom is 0.225 e. The predicted octanol–water partition coefficient (Wildman–Crippen LogP) is 2.02. The molecule has 1 fully saturated rings. The van der Waals surface area contributed by atoms with Crippen LogP contribution in [0.2, 0.25) is 0 Å². The van der Waals surface area contributed by atoms with E-state index in [1.807, 2.05) is 17.7 Å². The van der Waals surface area contributed by atoms with Crippen LogP contribution in [0.1, 0.15) is 36.2 Å². The van der Waals surface area contributed by atoms with Crippen molar-refractivity contribution in [3.8, 4) is 0 Å². The Morgan fingerprint density at radius 3 is 2.73 bits per heavy atom. The Morgan fingerprint density at radius 1 is 1.27 bits per heavy atom. The highest BCUT2D eigenvalue weighted by molar-refractivity contribution is 5.75. The van der Waals surface area contributed by atoms with Gasteiger partial charge in [0.05, 0.1) is 5.69 Å². The van der Waals surface area contributed by atoms with Gasteiger partial charge in [-0.05, 0) is 51.2 Å². The smallest absolute Gasteiger partial charge is 0.225 e. The van der Waals surface area contributed by atoms with Gasteiger partial charge in [0.1, 0.15) is 0 Å². The Morgan fingerprint density at radius 2 is 2.04 bits per heavy atom. The average molecular weight is 356 g/mol. The van der Waals surface area contributed by atoms with Crippen LogP contribution in [-0.4, -0.2) is 45.3 Å². The minimum Gasteiger partial charge on any atom is -0.356 e. The zero-order valence-electron chi connectivity index (χ0n) is 15.9. The maximum absolute atomic E-state index is 12.2. The van der Waals surface area contributed by atoms with Crippen molar-refractivity contribution in [2.24, 2.45) is 5.92 Å². The maximum atomic E-state index is 12.2. The van der Waals surface area contributed by atoms with Gasteiger partial charge in [0, 0.05) is 50.7 Å². The van der Waals surface area contributed by atoms with E-state index in [4.69, 9.17) is 0 Å². The molecule has 1 aliphatic heterocycles. The molecule has 0 aromatic carbocycles. The van der Waals surface area contributed by atoms with E-state index in [9.17, 15) is 4.79 Å². The molecule has 7 heteroatoms. The van der Waals surface area contributed by atoms with Gasteiger partial charge >= 0.3 is 0 Å². The van der Waals surface area contributed by atoms with Crippen molar-refractivity contribution in [2.45, 2.75) is 46.6 Å². The normalized spacial score (nSPS) is 17.3. The molecule has 1 atom stereocenters. The highest BCUT2D eigenvalue weighted by Crippen LogP contribution is 2.19. The number of hydrogen-bond donors (Lipinski definition) is 1. The van der Waals surface area contributed by atoms with Crippen molar-refractivity contribution in [3.63, 3.8) is 0 Å². The van der Waals surface area contributed by atoms with Crippen LogP contribution in [-0.2, 0) is 11.3 Å². The second-order valence-electron chi connectivity index (χ2n) is 7.08. The number of aryl methyl sites for hydroxylation is 2. The molecule has 0 aliphatic carbocycles. The lowest BCUT2D eigenvalue weighted by Crippen LogP contribution is -2.41. The molecular weight excluding hydrogens is 328 g/mol. The minimum atomic E-state index is 0.0864. The van der Waals surface area contributed by atoms with E-state index in [0.29, 0.717) is 25.4 Å². The molecule has 1 saturated heterocycles. The van der Waals surface area contributed by atoms with Crippen molar-refractivity contribution in [1.82, 2.24) is 25.1 Å². The van der Waals surface area contributed by atoms with Gasteiger partial charge in [0.2, 0.25) is 11.9 Å². The number of carbonyl (C=O) groups excluding carboxylic acids is 1. The number of hydrogen-bond acceptors (Lipinski definition) is 5. The van der Waals surface area contributed by atoms with E-state index >= 15 is 0 Å². The monoisotopic (exact) mass is 356 g/mol. The van der Waals surface area contributed by atoms with E-state index in [1.165, 1.54) is 5.56 Å². The van der Waals surface area contributed by atoms with Gasteiger partial charge in [0.15, 0.2) is 0 Å². The summed E-state index contributed by atoms with van der Waals surface area (Å²) in [6, 6.07) is 1.83. The third kappa shape index (κ3) is 4.39. The summed E-state index contributed by atoms with van der Waals surface area (Å²) in [4.78, 5) is 23.1. The fourth-order valence-electron chi connectivity index (χ4n) is 3.43. The van der Waals surface area contributed by atoms with Gasteiger partial charge in [-0.1, -0.05) is 0 Å². The first-order chi connectivity index (χ1) is 12.5. The molecule has 1 aliphatic rings. The average Bonchev–Trinajstić information content (AvgIpc) is 2.92. The SMILES string of the molecule is Cc1nn(CCC(=O)NC[C@@H]2CCCN(c3ncccn3)C2)c(C)c1C. The van der Waals surface area contributed by atoms with E-state index in [-0.39, 0.29) is 5.91 Å². The summed E-state index contributed by atoms with van der Waals surface area (Å²) < 4.78 is 1.93. The lowest BCUT2D eigenvalue weighted by Gasteiger charge is -2.32. The molecule has 7 nitrogen and oxygen atoms in total. The number of amides is 1. The fourth-order valence-corrected chi connectivity index (χ4v) is 3.43. The summed E-state index contributed by atoms with van der Waals surface area (Å²) in [6.07, 6.45) is 6.23. The summed E-state index contributed by atoms with van der Waals surface area (Å²) in [5.41, 5.74) is 3.38. The third-order valence-electron chi connectivity index (χ3n) is 5.24. The highest BCUT2D eigenvalue weighted by Gasteiger charge is 2.22. The van der Waals surface area contributed by atoms with Gasteiger partial charge in [-0.25, -0.2) is 9.97 Å². The number of carbonyl (C=O) groups is 1. The summed E-state index contributed by atoms with van der Waals surface area (Å²) in [7, 11) is 0. The lowest BCUT2D eigenvalue weighted by atomic mass is 9.98. The van der Waals surface area contributed by atoms with Crippen molar-refractivity contribution in [2.75, 3.05) is 24.5 Å². The van der Waals surface area contributed by atoms with E-state index in [1.54, 1.807) is 12.4 Å². The van der Waals surface area contributed by atoms with Crippen LogP contribution in [0.5, 0.6) is 0 Å². The van der Waals surface area contributed by atoms with Crippen molar-refractivity contribution < 1.29 is 4.79 Å². The first kappa shape index (κ1) is 18.4. The van der Waals surface area contributed by atoms with Gasteiger partial charge in [0.25, 0.3) is 0 Å². The molecule has 1 N–H and O–H groups in total. The summed E-state index contributed by atoms with van der Waals surface area (Å²) >= 11 is 0.